The van der Waals surface area contributed by atoms with Crippen molar-refractivity contribution in [1.29, 1.82) is 0 Å². The highest BCUT2D eigenvalue weighted by molar-refractivity contribution is 5.78. The van der Waals surface area contributed by atoms with Crippen molar-refractivity contribution in [3.63, 3.8) is 0 Å². The first-order valence-electron chi connectivity index (χ1n) is 8.88. The summed E-state index contributed by atoms with van der Waals surface area (Å²) in [7, 11) is 3.56. The molecule has 2 N–H and O–H groups in total. The van der Waals surface area contributed by atoms with Gasteiger partial charge >= 0.3 is 6.03 Å². The lowest BCUT2D eigenvalue weighted by atomic mass is 10.0. The van der Waals surface area contributed by atoms with Gasteiger partial charge in [0.1, 0.15) is 23.9 Å². The molecule has 1 aromatic heterocycles. The molecule has 3 aromatic rings. The van der Waals surface area contributed by atoms with Crippen LogP contribution in [0.15, 0.2) is 42.5 Å². The minimum atomic E-state index is -0.229. The molecule has 0 aliphatic carbocycles. The first kappa shape index (κ1) is 17.2. The molecule has 0 saturated carbocycles. The van der Waals surface area contributed by atoms with Crippen LogP contribution in [0, 0.1) is 0 Å². The number of methoxy groups -OCH3 is 1. The second kappa shape index (κ2) is 7.19. The largest absolute Gasteiger partial charge is 0.497 e. The van der Waals surface area contributed by atoms with E-state index in [-0.39, 0.29) is 12.1 Å². The van der Waals surface area contributed by atoms with E-state index in [9.17, 15) is 4.79 Å². The first-order valence-corrected chi connectivity index (χ1v) is 8.88. The Morgan fingerprint density at radius 2 is 2.19 bits per heavy atom. The molecule has 2 aromatic carbocycles. The van der Waals surface area contributed by atoms with Crippen LogP contribution in [0.4, 0.5) is 4.79 Å². The van der Waals surface area contributed by atoms with Crippen LogP contribution in [0.1, 0.15) is 11.4 Å². The second-order valence-electron chi connectivity index (χ2n) is 6.59. The summed E-state index contributed by atoms with van der Waals surface area (Å²) in [5.74, 6) is 2.43. The summed E-state index contributed by atoms with van der Waals surface area (Å²) in [6, 6.07) is 13.4. The zero-order valence-electron chi connectivity index (χ0n) is 15.4. The minimum absolute atomic E-state index is 0.0513. The van der Waals surface area contributed by atoms with Crippen molar-refractivity contribution >= 4 is 17.1 Å². The number of hydrogen-bond acceptors (Lipinski definition) is 4. The van der Waals surface area contributed by atoms with E-state index in [2.05, 4.69) is 15.6 Å². The lowest BCUT2D eigenvalue weighted by Gasteiger charge is -2.26. The molecule has 0 saturated heterocycles. The molecule has 7 heteroatoms. The third-order valence-corrected chi connectivity index (χ3v) is 4.80. The summed E-state index contributed by atoms with van der Waals surface area (Å²) in [6.45, 7) is 0.806. The molecule has 0 radical (unpaired) electrons. The molecule has 2 amide bonds. The summed E-state index contributed by atoms with van der Waals surface area (Å²) in [6.07, 6.45) is 0.760. The zero-order valence-corrected chi connectivity index (χ0v) is 15.4. The summed E-state index contributed by atoms with van der Waals surface area (Å²) >= 11 is 0. The maximum absolute atomic E-state index is 12.3. The van der Waals surface area contributed by atoms with E-state index in [1.54, 1.807) is 7.11 Å². The van der Waals surface area contributed by atoms with Crippen LogP contribution < -0.4 is 20.1 Å². The maximum Gasteiger partial charge on any atom is 0.315 e. The predicted octanol–water partition coefficient (Wildman–Crippen LogP) is 2.38. The summed E-state index contributed by atoms with van der Waals surface area (Å²) in [5, 5.41) is 5.85. The van der Waals surface area contributed by atoms with Crippen LogP contribution in [-0.4, -0.2) is 35.3 Å². The van der Waals surface area contributed by atoms with Crippen molar-refractivity contribution in [2.75, 3.05) is 13.7 Å². The molecule has 1 unspecified atom stereocenters. The van der Waals surface area contributed by atoms with Gasteiger partial charge in [0.05, 0.1) is 30.7 Å². The van der Waals surface area contributed by atoms with Gasteiger partial charge in [0.25, 0.3) is 0 Å². The molecule has 1 atom stereocenters. The van der Waals surface area contributed by atoms with Gasteiger partial charge in [0.2, 0.25) is 0 Å². The van der Waals surface area contributed by atoms with Gasteiger partial charge in [-0.25, -0.2) is 9.78 Å². The fourth-order valence-corrected chi connectivity index (χ4v) is 3.33. The lowest BCUT2D eigenvalue weighted by Crippen LogP contribution is -2.47. The number of imidazole rings is 1. The van der Waals surface area contributed by atoms with Crippen molar-refractivity contribution in [2.45, 2.75) is 19.0 Å². The Labute approximate surface area is 157 Å². The van der Waals surface area contributed by atoms with Crippen molar-refractivity contribution in [2.24, 2.45) is 7.05 Å². The number of aryl methyl sites for hydroxylation is 1. The highest BCUT2D eigenvalue weighted by Gasteiger charge is 2.21. The Morgan fingerprint density at radius 1 is 1.33 bits per heavy atom. The third kappa shape index (κ3) is 3.53. The molecule has 0 spiro atoms. The van der Waals surface area contributed by atoms with Crippen LogP contribution in [0.3, 0.4) is 0 Å². The number of urea groups is 1. The highest BCUT2D eigenvalue weighted by Crippen LogP contribution is 2.24. The fraction of sp³-hybridized carbons (Fsp3) is 0.300. The van der Waals surface area contributed by atoms with Crippen molar-refractivity contribution < 1.29 is 14.3 Å². The standard InChI is InChI=1S/C20H22N4O3/c1-24-17-8-7-15(26-2)10-16(17)23-19(24)11-21-20(25)22-14-9-13-5-3-4-6-18(13)27-12-14/h3-8,10,14H,9,11-12H2,1-2H3,(H2,21,22,25). The van der Waals surface area contributed by atoms with E-state index in [0.29, 0.717) is 13.2 Å². The molecule has 4 rings (SSSR count). The number of amides is 2. The molecule has 1 aliphatic heterocycles. The van der Waals surface area contributed by atoms with Gasteiger partial charge in [0, 0.05) is 13.1 Å². The monoisotopic (exact) mass is 366 g/mol. The molecule has 7 nitrogen and oxygen atoms in total. The Hall–Kier alpha value is -3.22. The molecular formula is C20H22N4O3. The van der Waals surface area contributed by atoms with Crippen LogP contribution in [0.5, 0.6) is 11.5 Å². The molecule has 0 fully saturated rings. The molecule has 140 valence electrons. The normalized spacial score (nSPS) is 15.7. The van der Waals surface area contributed by atoms with Gasteiger partial charge < -0.3 is 24.7 Å². The van der Waals surface area contributed by atoms with E-state index in [0.717, 1.165) is 40.3 Å². The van der Waals surface area contributed by atoms with Crippen LogP contribution in [-0.2, 0) is 20.0 Å². The maximum atomic E-state index is 12.3. The average Bonchev–Trinajstić information content (AvgIpc) is 3.01. The Kier molecular flexibility index (Phi) is 4.58. The Bertz CT molecular complexity index is 983. The summed E-state index contributed by atoms with van der Waals surface area (Å²) in [4.78, 5) is 16.9. The van der Waals surface area contributed by atoms with Gasteiger partial charge in [-0.3, -0.25) is 0 Å². The number of hydrogen-bond donors (Lipinski definition) is 2. The predicted molar refractivity (Wildman–Crippen MR) is 102 cm³/mol. The number of fused-ring (bicyclic) bond motifs is 2. The zero-order chi connectivity index (χ0) is 18.8. The van der Waals surface area contributed by atoms with Gasteiger partial charge in [-0.15, -0.1) is 0 Å². The number of ether oxygens (including phenoxy) is 2. The second-order valence-corrected chi connectivity index (χ2v) is 6.59. The highest BCUT2D eigenvalue weighted by atomic mass is 16.5. The lowest BCUT2D eigenvalue weighted by molar-refractivity contribution is 0.214. The molecule has 1 aliphatic rings. The summed E-state index contributed by atoms with van der Waals surface area (Å²) < 4.78 is 12.9. The Morgan fingerprint density at radius 3 is 3.04 bits per heavy atom. The van der Waals surface area contributed by atoms with Crippen LogP contribution in [0.25, 0.3) is 11.0 Å². The topological polar surface area (TPSA) is 77.4 Å². The number of para-hydroxylation sites is 1. The van der Waals surface area contributed by atoms with Gasteiger partial charge in [0.15, 0.2) is 0 Å². The fourth-order valence-electron chi connectivity index (χ4n) is 3.33. The number of nitrogens with one attached hydrogen (secondary N) is 2. The minimum Gasteiger partial charge on any atom is -0.497 e. The van der Waals surface area contributed by atoms with Gasteiger partial charge in [-0.2, -0.15) is 0 Å². The van der Waals surface area contributed by atoms with Crippen LogP contribution in [0.2, 0.25) is 0 Å². The quantitative estimate of drug-likeness (QED) is 0.743. The molecule has 0 bridgehead atoms. The number of nitrogens with zero attached hydrogens (tertiary/aromatic N) is 2. The molecule has 27 heavy (non-hydrogen) atoms. The SMILES string of the molecule is COc1ccc2c(c1)nc(CNC(=O)NC1COc3ccccc3C1)n2C. The number of rotatable bonds is 4. The average molecular weight is 366 g/mol. The van der Waals surface area contributed by atoms with E-state index in [1.807, 2.05) is 54.1 Å². The third-order valence-electron chi connectivity index (χ3n) is 4.80. The van der Waals surface area contributed by atoms with E-state index in [1.165, 1.54) is 0 Å². The smallest absolute Gasteiger partial charge is 0.315 e. The van der Waals surface area contributed by atoms with Gasteiger partial charge in [-0.05, 0) is 30.2 Å². The van der Waals surface area contributed by atoms with Crippen molar-refractivity contribution in [1.82, 2.24) is 20.2 Å². The van der Waals surface area contributed by atoms with E-state index < -0.39 is 0 Å². The van der Waals surface area contributed by atoms with Gasteiger partial charge in [-0.1, -0.05) is 18.2 Å². The number of carbonyl (C=O) groups excluding carboxylic acids is 1. The number of aromatic nitrogens is 2. The van der Waals surface area contributed by atoms with Crippen LogP contribution >= 0.6 is 0 Å². The summed E-state index contributed by atoms with van der Waals surface area (Å²) in [5.41, 5.74) is 2.94. The number of benzene rings is 2. The Balaban J connectivity index is 1.37. The number of carbonyl (C=O) groups is 1. The molecule has 2 heterocycles. The first-order chi connectivity index (χ1) is 13.1. The molecular weight excluding hydrogens is 344 g/mol. The van der Waals surface area contributed by atoms with Crippen molar-refractivity contribution in [3.8, 4) is 11.5 Å². The van der Waals surface area contributed by atoms with E-state index >= 15 is 0 Å². The van der Waals surface area contributed by atoms with Crippen molar-refractivity contribution in [3.05, 3.63) is 53.9 Å². The van der Waals surface area contributed by atoms with E-state index in [4.69, 9.17) is 9.47 Å².